The van der Waals surface area contributed by atoms with Gasteiger partial charge in [-0.25, -0.2) is 9.59 Å². The zero-order chi connectivity index (χ0) is 26.2. The fourth-order valence-corrected chi connectivity index (χ4v) is 4.46. The fraction of sp³-hybridized carbons (Fsp3) is 0.231. The number of hydrogen-bond acceptors (Lipinski definition) is 8. The third-order valence-corrected chi connectivity index (χ3v) is 6.38. The Morgan fingerprint density at radius 1 is 0.889 bits per heavy atom. The molecule has 0 bridgehead atoms. The molecular formula is C26H26N2O7S. The predicted octanol–water partition coefficient (Wildman–Crippen LogP) is 4.46. The molecule has 3 aromatic rings. The van der Waals surface area contributed by atoms with Crippen LogP contribution in [-0.4, -0.2) is 44.6 Å². The van der Waals surface area contributed by atoms with Gasteiger partial charge in [-0.15, -0.1) is 11.3 Å². The van der Waals surface area contributed by atoms with Gasteiger partial charge in [-0.3, -0.25) is 9.59 Å². The smallest absolute Gasteiger partial charge is 0.341 e. The fourth-order valence-electron chi connectivity index (χ4n) is 3.36. The van der Waals surface area contributed by atoms with Crippen LogP contribution in [-0.2, 0) is 20.7 Å². The first-order chi connectivity index (χ1) is 17.3. The predicted molar refractivity (Wildman–Crippen MR) is 136 cm³/mol. The maximum Gasteiger partial charge on any atom is 0.341 e. The summed E-state index contributed by atoms with van der Waals surface area (Å²) in [6, 6.07) is 13.3. The number of ether oxygens (including phenoxy) is 3. The summed E-state index contributed by atoms with van der Waals surface area (Å²) in [6.45, 7) is 3.59. The molecular weight excluding hydrogens is 484 g/mol. The lowest BCUT2D eigenvalue weighted by Gasteiger charge is -2.07. The molecule has 9 nitrogen and oxygen atoms in total. The number of benzene rings is 2. The third kappa shape index (κ3) is 6.28. The summed E-state index contributed by atoms with van der Waals surface area (Å²) >= 11 is 0.978. The van der Waals surface area contributed by atoms with Crippen molar-refractivity contribution in [1.29, 1.82) is 0 Å². The van der Waals surface area contributed by atoms with Crippen LogP contribution in [0.1, 0.15) is 48.4 Å². The molecule has 0 aliphatic carbocycles. The summed E-state index contributed by atoms with van der Waals surface area (Å²) in [7, 11) is 2.79. The Morgan fingerprint density at radius 2 is 1.56 bits per heavy atom. The molecule has 188 valence electrons. The highest BCUT2D eigenvalue weighted by molar-refractivity contribution is 7.18. The second kappa shape index (κ2) is 12.0. The molecule has 0 aliphatic rings. The highest BCUT2D eigenvalue weighted by Gasteiger charge is 2.26. The number of carbonyl (C=O) groups is 4. The van der Waals surface area contributed by atoms with Gasteiger partial charge in [-0.2, -0.15) is 0 Å². The van der Waals surface area contributed by atoms with Crippen LogP contribution < -0.4 is 15.4 Å². The highest BCUT2D eigenvalue weighted by atomic mass is 32.1. The van der Waals surface area contributed by atoms with Crippen molar-refractivity contribution in [2.75, 3.05) is 31.5 Å². The Hall–Kier alpha value is -4.18. The van der Waals surface area contributed by atoms with Gasteiger partial charge in [0.05, 0.1) is 43.3 Å². The average Bonchev–Trinajstić information content (AvgIpc) is 3.20. The molecule has 0 unspecified atom stereocenters. The van der Waals surface area contributed by atoms with Crippen LogP contribution >= 0.6 is 11.3 Å². The average molecular weight is 511 g/mol. The van der Waals surface area contributed by atoms with E-state index in [-0.39, 0.29) is 34.4 Å². The van der Waals surface area contributed by atoms with Crippen molar-refractivity contribution in [3.63, 3.8) is 0 Å². The van der Waals surface area contributed by atoms with Crippen molar-refractivity contribution in [3.8, 4) is 5.75 Å². The van der Waals surface area contributed by atoms with Crippen LogP contribution in [0.3, 0.4) is 0 Å². The van der Waals surface area contributed by atoms with Crippen molar-refractivity contribution in [2.24, 2.45) is 0 Å². The van der Waals surface area contributed by atoms with E-state index >= 15 is 0 Å². The first-order valence-electron chi connectivity index (χ1n) is 11.0. The monoisotopic (exact) mass is 510 g/mol. The van der Waals surface area contributed by atoms with Gasteiger partial charge in [-0.1, -0.05) is 12.1 Å². The molecule has 0 aliphatic heterocycles. The molecule has 10 heteroatoms. The summed E-state index contributed by atoms with van der Waals surface area (Å²) in [4.78, 5) is 50.2. The second-order valence-electron chi connectivity index (χ2n) is 7.58. The maximum absolute atomic E-state index is 13.0. The molecule has 1 heterocycles. The Morgan fingerprint density at radius 3 is 2.14 bits per heavy atom. The zero-order valence-corrected chi connectivity index (χ0v) is 21.1. The van der Waals surface area contributed by atoms with E-state index in [2.05, 4.69) is 10.6 Å². The molecule has 0 fully saturated rings. The number of anilines is 2. The van der Waals surface area contributed by atoms with Crippen molar-refractivity contribution >= 4 is 45.8 Å². The molecule has 0 spiro atoms. The Labute approximate surface area is 212 Å². The van der Waals surface area contributed by atoms with Crippen LogP contribution in [0.5, 0.6) is 5.75 Å². The molecule has 2 N–H and O–H groups in total. The molecule has 36 heavy (non-hydrogen) atoms. The number of hydrogen-bond donors (Lipinski definition) is 2. The number of carbonyl (C=O) groups excluding carboxylic acids is 4. The molecule has 0 saturated heterocycles. The Balaban J connectivity index is 1.78. The first-order valence-corrected chi connectivity index (χ1v) is 11.8. The number of nitrogens with one attached hydrogen (secondary N) is 2. The number of amides is 2. The number of rotatable bonds is 9. The molecule has 2 amide bonds. The minimum Gasteiger partial charge on any atom is -0.497 e. The van der Waals surface area contributed by atoms with Crippen molar-refractivity contribution < 1.29 is 33.4 Å². The summed E-state index contributed by atoms with van der Waals surface area (Å²) in [5.41, 5.74) is 2.06. The van der Waals surface area contributed by atoms with Crippen molar-refractivity contribution in [2.45, 2.75) is 20.3 Å². The van der Waals surface area contributed by atoms with Gasteiger partial charge >= 0.3 is 11.9 Å². The van der Waals surface area contributed by atoms with Crippen LogP contribution in [0, 0.1) is 6.92 Å². The topological polar surface area (TPSA) is 120 Å². The van der Waals surface area contributed by atoms with Gasteiger partial charge < -0.3 is 24.8 Å². The molecule has 3 rings (SSSR count). The van der Waals surface area contributed by atoms with Crippen molar-refractivity contribution in [1.82, 2.24) is 0 Å². The van der Waals surface area contributed by atoms with E-state index in [0.29, 0.717) is 22.6 Å². The standard InChI is InChI=1S/C26H26N2O7S/c1-5-35-25(31)17-8-10-18(11-9-17)27-23(30)22-15(2)21(26(32)34-4)24(36-22)28-20(29)14-16-6-12-19(33-3)13-7-16/h6-13H,5,14H2,1-4H3,(H,27,30)(H,28,29). The minimum absolute atomic E-state index is 0.0654. The Bertz CT molecular complexity index is 1260. The maximum atomic E-state index is 13.0. The normalized spacial score (nSPS) is 10.3. The molecule has 2 aromatic carbocycles. The lowest BCUT2D eigenvalue weighted by molar-refractivity contribution is -0.115. The van der Waals surface area contributed by atoms with Gasteiger partial charge in [0, 0.05) is 5.69 Å². The van der Waals surface area contributed by atoms with Crippen LogP contribution in [0.4, 0.5) is 10.7 Å². The summed E-state index contributed by atoms with van der Waals surface area (Å²) < 4.78 is 15.0. The van der Waals surface area contributed by atoms with Crippen LogP contribution in [0.15, 0.2) is 48.5 Å². The van der Waals surface area contributed by atoms with E-state index in [4.69, 9.17) is 14.2 Å². The van der Waals surface area contributed by atoms with Crippen LogP contribution in [0.2, 0.25) is 0 Å². The summed E-state index contributed by atoms with van der Waals surface area (Å²) in [5, 5.41) is 5.69. The highest BCUT2D eigenvalue weighted by Crippen LogP contribution is 2.34. The lowest BCUT2D eigenvalue weighted by atomic mass is 10.1. The number of thiophene rings is 1. The number of esters is 2. The van der Waals surface area contributed by atoms with E-state index in [1.54, 1.807) is 69.5 Å². The largest absolute Gasteiger partial charge is 0.497 e. The van der Waals surface area contributed by atoms with E-state index in [1.807, 2.05) is 0 Å². The molecule has 0 saturated carbocycles. The van der Waals surface area contributed by atoms with Crippen molar-refractivity contribution in [3.05, 3.63) is 75.7 Å². The molecule has 1 aromatic heterocycles. The SMILES string of the molecule is CCOC(=O)c1ccc(NC(=O)c2sc(NC(=O)Cc3ccc(OC)cc3)c(C(=O)OC)c2C)cc1. The van der Waals surface area contributed by atoms with E-state index in [0.717, 1.165) is 16.9 Å². The van der Waals surface area contributed by atoms with Crippen LogP contribution in [0.25, 0.3) is 0 Å². The molecule has 0 atom stereocenters. The zero-order valence-electron chi connectivity index (χ0n) is 20.3. The second-order valence-corrected chi connectivity index (χ2v) is 8.60. The molecule has 0 radical (unpaired) electrons. The summed E-state index contributed by atoms with van der Waals surface area (Å²) in [6.07, 6.45) is 0.0654. The minimum atomic E-state index is -0.665. The van der Waals surface area contributed by atoms with E-state index < -0.39 is 17.8 Å². The van der Waals surface area contributed by atoms with Gasteiger partial charge in [0.15, 0.2) is 0 Å². The summed E-state index contributed by atoms with van der Waals surface area (Å²) in [5.74, 6) is -1.27. The third-order valence-electron chi connectivity index (χ3n) is 5.17. The van der Waals surface area contributed by atoms with Gasteiger partial charge in [0.2, 0.25) is 5.91 Å². The lowest BCUT2D eigenvalue weighted by Crippen LogP contribution is -2.16. The van der Waals surface area contributed by atoms with Gasteiger partial charge in [-0.05, 0) is 61.4 Å². The van der Waals surface area contributed by atoms with Gasteiger partial charge in [0.1, 0.15) is 10.8 Å². The van der Waals surface area contributed by atoms with E-state index in [1.165, 1.54) is 7.11 Å². The quantitative estimate of drug-likeness (QED) is 0.408. The first kappa shape index (κ1) is 26.4. The van der Waals surface area contributed by atoms with E-state index in [9.17, 15) is 19.2 Å². The van der Waals surface area contributed by atoms with Gasteiger partial charge in [0.25, 0.3) is 5.91 Å². The number of methoxy groups -OCH3 is 2. The Kier molecular flexibility index (Phi) is 8.80.